The Balaban J connectivity index is 1.55. The third-order valence-corrected chi connectivity index (χ3v) is 4.45. The quantitative estimate of drug-likeness (QED) is 0.738. The highest BCUT2D eigenvalue weighted by atomic mass is 35.5. The maximum Gasteiger partial charge on any atom is 0.338 e. The largest absolute Gasteiger partial charge is 0.449 e. The van der Waals surface area contributed by atoms with Gasteiger partial charge in [-0.3, -0.25) is 9.59 Å². The van der Waals surface area contributed by atoms with Crippen LogP contribution in [0.5, 0.6) is 0 Å². The fourth-order valence-electron chi connectivity index (χ4n) is 2.36. The summed E-state index contributed by atoms with van der Waals surface area (Å²) in [7, 11) is 0. The maximum atomic E-state index is 12.2. The number of halogens is 1. The molecule has 1 atom stereocenters. The number of para-hydroxylation sites is 1. The highest BCUT2D eigenvalue weighted by molar-refractivity contribution is 6.33. The average Bonchev–Trinajstić information content (AvgIpc) is 3.49. The normalized spacial score (nSPS) is 14.1. The number of esters is 1. The van der Waals surface area contributed by atoms with Crippen molar-refractivity contribution in [1.82, 2.24) is 0 Å². The lowest BCUT2D eigenvalue weighted by molar-refractivity contribution is -0.123. The van der Waals surface area contributed by atoms with Crippen molar-refractivity contribution >= 4 is 40.8 Å². The number of anilines is 2. The number of hydrogen-bond acceptors (Lipinski definition) is 4. The Hall–Kier alpha value is -2.86. The smallest absolute Gasteiger partial charge is 0.338 e. The number of rotatable bonds is 6. The molecule has 2 aromatic carbocycles. The molecule has 27 heavy (non-hydrogen) atoms. The van der Waals surface area contributed by atoms with E-state index in [0.29, 0.717) is 16.4 Å². The molecule has 2 aromatic rings. The monoisotopic (exact) mass is 386 g/mol. The molecule has 1 aliphatic carbocycles. The summed E-state index contributed by atoms with van der Waals surface area (Å²) in [6.07, 6.45) is 0.845. The van der Waals surface area contributed by atoms with E-state index in [1.165, 1.54) is 6.92 Å². The molecule has 6 nitrogen and oxygen atoms in total. The second kappa shape index (κ2) is 8.22. The van der Waals surface area contributed by atoms with E-state index >= 15 is 0 Å². The van der Waals surface area contributed by atoms with Crippen LogP contribution in [0.3, 0.4) is 0 Å². The van der Waals surface area contributed by atoms with Gasteiger partial charge < -0.3 is 15.4 Å². The van der Waals surface area contributed by atoms with Crippen molar-refractivity contribution in [3.63, 3.8) is 0 Å². The van der Waals surface area contributed by atoms with Gasteiger partial charge in [-0.25, -0.2) is 4.79 Å². The summed E-state index contributed by atoms with van der Waals surface area (Å²) >= 11 is 6.00. The molecule has 0 bridgehead atoms. The SMILES string of the molecule is CC(OC(=O)c1ccc(NC(=O)C2CC2)cc1)C(=O)Nc1ccccc1Cl. The molecule has 2 amide bonds. The summed E-state index contributed by atoms with van der Waals surface area (Å²) in [5, 5.41) is 5.81. The Morgan fingerprint density at radius 2 is 1.70 bits per heavy atom. The minimum absolute atomic E-state index is 0.00445. The van der Waals surface area contributed by atoms with Gasteiger partial charge in [-0.2, -0.15) is 0 Å². The van der Waals surface area contributed by atoms with Gasteiger partial charge in [-0.1, -0.05) is 23.7 Å². The van der Waals surface area contributed by atoms with E-state index in [1.54, 1.807) is 48.5 Å². The average molecular weight is 387 g/mol. The van der Waals surface area contributed by atoms with Crippen LogP contribution in [-0.4, -0.2) is 23.9 Å². The summed E-state index contributed by atoms with van der Waals surface area (Å²) < 4.78 is 5.20. The third-order valence-electron chi connectivity index (χ3n) is 4.12. The van der Waals surface area contributed by atoms with Gasteiger partial charge in [0, 0.05) is 11.6 Å². The van der Waals surface area contributed by atoms with Crippen molar-refractivity contribution in [2.45, 2.75) is 25.9 Å². The fourth-order valence-corrected chi connectivity index (χ4v) is 2.54. The van der Waals surface area contributed by atoms with Crippen LogP contribution in [0.2, 0.25) is 5.02 Å². The van der Waals surface area contributed by atoms with Crippen molar-refractivity contribution in [3.05, 3.63) is 59.1 Å². The topological polar surface area (TPSA) is 84.5 Å². The third kappa shape index (κ3) is 5.08. The van der Waals surface area contributed by atoms with Crippen molar-refractivity contribution in [2.24, 2.45) is 5.92 Å². The second-order valence-electron chi connectivity index (χ2n) is 6.36. The van der Waals surface area contributed by atoms with E-state index in [4.69, 9.17) is 16.3 Å². The summed E-state index contributed by atoms with van der Waals surface area (Å²) in [5.41, 5.74) is 1.35. The summed E-state index contributed by atoms with van der Waals surface area (Å²) in [5.74, 6) is -1.01. The molecule has 2 N–H and O–H groups in total. The molecule has 0 radical (unpaired) electrons. The molecule has 0 aromatic heterocycles. The van der Waals surface area contributed by atoms with Crippen molar-refractivity contribution in [2.75, 3.05) is 10.6 Å². The first-order valence-corrected chi connectivity index (χ1v) is 8.99. The molecule has 0 saturated heterocycles. The standard InChI is InChI=1S/C20H19ClN2O4/c1-12(18(24)23-17-5-3-2-4-16(17)21)27-20(26)14-8-10-15(11-9-14)22-19(25)13-6-7-13/h2-5,8-13H,6-7H2,1H3,(H,22,25)(H,23,24). The molecule has 0 heterocycles. The molecule has 3 rings (SSSR count). The number of ether oxygens (including phenoxy) is 1. The van der Waals surface area contributed by atoms with Gasteiger partial charge in [0.05, 0.1) is 16.3 Å². The Labute approximate surface area is 161 Å². The molecule has 1 saturated carbocycles. The molecular weight excluding hydrogens is 368 g/mol. The molecule has 140 valence electrons. The minimum atomic E-state index is -0.997. The number of carbonyl (C=O) groups is 3. The van der Waals surface area contributed by atoms with Crippen LogP contribution in [0, 0.1) is 5.92 Å². The minimum Gasteiger partial charge on any atom is -0.449 e. The lowest BCUT2D eigenvalue weighted by Crippen LogP contribution is -2.30. The van der Waals surface area contributed by atoms with Crippen LogP contribution < -0.4 is 10.6 Å². The Bertz CT molecular complexity index is 863. The lowest BCUT2D eigenvalue weighted by atomic mass is 10.2. The number of amides is 2. The van der Waals surface area contributed by atoms with Gasteiger partial charge in [0.2, 0.25) is 5.91 Å². The van der Waals surface area contributed by atoms with E-state index in [-0.39, 0.29) is 17.4 Å². The zero-order valence-electron chi connectivity index (χ0n) is 14.7. The first kappa shape index (κ1) is 18.9. The van der Waals surface area contributed by atoms with Gasteiger partial charge in [-0.05, 0) is 56.2 Å². The molecule has 1 unspecified atom stereocenters. The lowest BCUT2D eigenvalue weighted by Gasteiger charge is -2.14. The molecule has 1 fully saturated rings. The molecule has 0 spiro atoms. The highest BCUT2D eigenvalue weighted by Crippen LogP contribution is 2.30. The van der Waals surface area contributed by atoms with E-state index in [2.05, 4.69) is 10.6 Å². The van der Waals surface area contributed by atoms with Crippen LogP contribution in [0.4, 0.5) is 11.4 Å². The van der Waals surface area contributed by atoms with Gasteiger partial charge in [-0.15, -0.1) is 0 Å². The number of carbonyl (C=O) groups excluding carboxylic acids is 3. The fraction of sp³-hybridized carbons (Fsp3) is 0.250. The second-order valence-corrected chi connectivity index (χ2v) is 6.76. The molecule has 7 heteroatoms. The van der Waals surface area contributed by atoms with Gasteiger partial charge in [0.15, 0.2) is 6.10 Å². The van der Waals surface area contributed by atoms with Crippen molar-refractivity contribution in [3.8, 4) is 0 Å². The summed E-state index contributed by atoms with van der Waals surface area (Å²) in [6.45, 7) is 1.48. The predicted octanol–water partition coefficient (Wildman–Crippen LogP) is 3.87. The van der Waals surface area contributed by atoms with Crippen molar-refractivity contribution < 1.29 is 19.1 Å². The molecule has 1 aliphatic rings. The molecule has 0 aliphatic heterocycles. The van der Waals surface area contributed by atoms with Gasteiger partial charge >= 0.3 is 5.97 Å². The summed E-state index contributed by atoms with van der Waals surface area (Å²) in [6, 6.07) is 13.1. The van der Waals surface area contributed by atoms with Crippen LogP contribution in [-0.2, 0) is 14.3 Å². The Kier molecular flexibility index (Phi) is 5.76. The van der Waals surface area contributed by atoms with Gasteiger partial charge in [0.1, 0.15) is 0 Å². The van der Waals surface area contributed by atoms with E-state index in [1.807, 2.05) is 0 Å². The molecular formula is C20H19ClN2O4. The van der Waals surface area contributed by atoms with E-state index in [0.717, 1.165) is 12.8 Å². The van der Waals surface area contributed by atoms with Crippen LogP contribution in [0.25, 0.3) is 0 Å². The number of nitrogens with one attached hydrogen (secondary N) is 2. The van der Waals surface area contributed by atoms with E-state index < -0.39 is 18.0 Å². The number of benzene rings is 2. The van der Waals surface area contributed by atoms with Gasteiger partial charge in [0.25, 0.3) is 5.91 Å². The summed E-state index contributed by atoms with van der Waals surface area (Å²) in [4.78, 5) is 36.1. The zero-order chi connectivity index (χ0) is 19.4. The zero-order valence-corrected chi connectivity index (χ0v) is 15.5. The predicted molar refractivity (Wildman–Crippen MR) is 103 cm³/mol. The van der Waals surface area contributed by atoms with Crippen LogP contribution >= 0.6 is 11.6 Å². The highest BCUT2D eigenvalue weighted by Gasteiger charge is 2.29. The van der Waals surface area contributed by atoms with E-state index in [9.17, 15) is 14.4 Å². The first-order valence-electron chi connectivity index (χ1n) is 8.61. The van der Waals surface area contributed by atoms with Crippen molar-refractivity contribution in [1.29, 1.82) is 0 Å². The Morgan fingerprint density at radius 1 is 1.04 bits per heavy atom. The van der Waals surface area contributed by atoms with Crippen LogP contribution in [0.15, 0.2) is 48.5 Å². The first-order chi connectivity index (χ1) is 12.9. The Morgan fingerprint density at radius 3 is 2.33 bits per heavy atom. The van der Waals surface area contributed by atoms with Crippen LogP contribution in [0.1, 0.15) is 30.1 Å². The number of hydrogen-bond donors (Lipinski definition) is 2. The maximum absolute atomic E-state index is 12.2.